The van der Waals surface area contributed by atoms with Crippen molar-refractivity contribution in [1.29, 1.82) is 0 Å². The van der Waals surface area contributed by atoms with Crippen LogP contribution in [0.5, 0.6) is 0 Å². The van der Waals surface area contributed by atoms with Gasteiger partial charge >= 0.3 is 0 Å². The Hall–Kier alpha value is -2.76. The number of pyridine rings is 2. The average Bonchev–Trinajstić information content (AvgIpc) is 2.74. The van der Waals surface area contributed by atoms with Crippen LogP contribution in [0.3, 0.4) is 0 Å². The van der Waals surface area contributed by atoms with Crippen molar-refractivity contribution in [3.63, 3.8) is 0 Å². The van der Waals surface area contributed by atoms with Crippen molar-refractivity contribution in [2.24, 2.45) is 11.8 Å². The number of Topliss-reactive ketones (excluding diaryl/α,β-unsaturated/α-hetero) is 1. The third kappa shape index (κ3) is 6.11. The molecule has 1 N–H and O–H groups in total. The summed E-state index contributed by atoms with van der Waals surface area (Å²) in [4.78, 5) is 35.5. The first kappa shape index (κ1) is 21.0. The van der Waals surface area contributed by atoms with Crippen LogP contribution in [0, 0.1) is 11.8 Å². The van der Waals surface area contributed by atoms with E-state index in [4.69, 9.17) is 0 Å². The number of piperidine rings is 1. The van der Waals surface area contributed by atoms with Gasteiger partial charge in [-0.2, -0.15) is 0 Å². The Morgan fingerprint density at radius 2 is 2.10 bits per heavy atom. The lowest BCUT2D eigenvalue weighted by atomic mass is 9.89. The number of rotatable bonds is 8. The zero-order valence-electron chi connectivity index (χ0n) is 17.3. The summed E-state index contributed by atoms with van der Waals surface area (Å²) in [5.74, 6) is 1.31. The SMILES string of the molecule is CC(C)CC(=O)[C@@H]1CCCN(C(=O)c2ccc(NCCc3cccnc3)nc2)C1. The molecule has 0 aromatic carbocycles. The molecule has 0 saturated carbocycles. The molecule has 3 rings (SSSR count). The highest BCUT2D eigenvalue weighted by Crippen LogP contribution is 2.22. The molecule has 0 spiro atoms. The normalized spacial score (nSPS) is 16.7. The van der Waals surface area contributed by atoms with E-state index in [1.165, 1.54) is 5.56 Å². The predicted octanol–water partition coefficient (Wildman–Crippen LogP) is 3.60. The van der Waals surface area contributed by atoms with Crippen LogP contribution in [0.15, 0.2) is 42.9 Å². The molecule has 2 aromatic heterocycles. The summed E-state index contributed by atoms with van der Waals surface area (Å²) in [5.41, 5.74) is 1.73. The Labute approximate surface area is 172 Å². The van der Waals surface area contributed by atoms with Gasteiger partial charge in [0.25, 0.3) is 5.91 Å². The van der Waals surface area contributed by atoms with Crippen molar-refractivity contribution in [2.45, 2.75) is 39.5 Å². The minimum absolute atomic E-state index is 0.0310. The minimum Gasteiger partial charge on any atom is -0.370 e. The quantitative estimate of drug-likeness (QED) is 0.740. The van der Waals surface area contributed by atoms with Crippen molar-refractivity contribution in [2.75, 3.05) is 25.0 Å². The van der Waals surface area contributed by atoms with E-state index in [0.29, 0.717) is 31.0 Å². The molecule has 6 nitrogen and oxygen atoms in total. The number of likely N-dealkylation sites (tertiary alicyclic amines) is 1. The van der Waals surface area contributed by atoms with Crippen LogP contribution in [0.2, 0.25) is 0 Å². The van der Waals surface area contributed by atoms with Gasteiger partial charge in [-0.05, 0) is 48.9 Å². The fraction of sp³-hybridized carbons (Fsp3) is 0.478. The summed E-state index contributed by atoms with van der Waals surface area (Å²) in [5, 5.41) is 3.27. The summed E-state index contributed by atoms with van der Waals surface area (Å²) in [6.07, 6.45) is 8.44. The van der Waals surface area contributed by atoms with Gasteiger partial charge in [0.05, 0.1) is 5.56 Å². The number of amides is 1. The number of nitrogens with one attached hydrogen (secondary N) is 1. The minimum atomic E-state index is -0.0403. The third-order valence-electron chi connectivity index (χ3n) is 5.23. The molecular formula is C23H30N4O2. The van der Waals surface area contributed by atoms with E-state index >= 15 is 0 Å². The van der Waals surface area contributed by atoms with E-state index < -0.39 is 0 Å². The fourth-order valence-corrected chi connectivity index (χ4v) is 3.68. The number of carbonyl (C=O) groups is 2. The molecule has 0 unspecified atom stereocenters. The van der Waals surface area contributed by atoms with E-state index in [9.17, 15) is 9.59 Å². The zero-order chi connectivity index (χ0) is 20.6. The van der Waals surface area contributed by atoms with E-state index in [1.807, 2.05) is 24.4 Å². The third-order valence-corrected chi connectivity index (χ3v) is 5.23. The highest BCUT2D eigenvalue weighted by Gasteiger charge is 2.29. The highest BCUT2D eigenvalue weighted by atomic mass is 16.2. The van der Waals surface area contributed by atoms with Crippen LogP contribution in [0.1, 0.15) is 49.0 Å². The van der Waals surface area contributed by atoms with Crippen LogP contribution >= 0.6 is 0 Å². The van der Waals surface area contributed by atoms with Crippen LogP contribution in [0.25, 0.3) is 0 Å². The fourth-order valence-electron chi connectivity index (χ4n) is 3.68. The molecule has 0 aliphatic carbocycles. The summed E-state index contributed by atoms with van der Waals surface area (Å²) in [6.45, 7) is 6.09. The zero-order valence-corrected chi connectivity index (χ0v) is 17.3. The second kappa shape index (κ2) is 10.1. The summed E-state index contributed by atoms with van der Waals surface area (Å²) in [7, 11) is 0. The number of nitrogens with zero attached hydrogens (tertiary/aromatic N) is 3. The lowest BCUT2D eigenvalue weighted by Gasteiger charge is -2.32. The average molecular weight is 395 g/mol. The van der Waals surface area contributed by atoms with Crippen LogP contribution in [-0.4, -0.2) is 46.2 Å². The van der Waals surface area contributed by atoms with E-state index in [0.717, 1.165) is 31.6 Å². The van der Waals surface area contributed by atoms with E-state index in [-0.39, 0.29) is 17.6 Å². The van der Waals surface area contributed by atoms with E-state index in [2.05, 4.69) is 29.1 Å². The van der Waals surface area contributed by atoms with Gasteiger partial charge in [-0.1, -0.05) is 19.9 Å². The first-order valence-corrected chi connectivity index (χ1v) is 10.4. The molecule has 2 aromatic rings. The lowest BCUT2D eigenvalue weighted by Crippen LogP contribution is -2.42. The van der Waals surface area contributed by atoms with Crippen LogP contribution < -0.4 is 5.32 Å². The van der Waals surface area contributed by atoms with Gasteiger partial charge in [-0.3, -0.25) is 14.6 Å². The highest BCUT2D eigenvalue weighted by molar-refractivity contribution is 5.94. The largest absolute Gasteiger partial charge is 0.370 e. The molecule has 1 aliphatic heterocycles. The Morgan fingerprint density at radius 1 is 1.24 bits per heavy atom. The molecule has 1 fully saturated rings. The molecule has 1 aliphatic rings. The van der Waals surface area contributed by atoms with Gasteiger partial charge in [-0.25, -0.2) is 4.98 Å². The molecule has 1 saturated heterocycles. The van der Waals surface area contributed by atoms with Gasteiger partial charge in [0.2, 0.25) is 0 Å². The van der Waals surface area contributed by atoms with Crippen molar-refractivity contribution in [3.8, 4) is 0 Å². The second-order valence-electron chi connectivity index (χ2n) is 8.12. The predicted molar refractivity (Wildman–Crippen MR) is 114 cm³/mol. The van der Waals surface area contributed by atoms with Crippen molar-refractivity contribution in [1.82, 2.24) is 14.9 Å². The maximum atomic E-state index is 12.8. The molecule has 1 amide bonds. The number of carbonyl (C=O) groups excluding carboxylic acids is 2. The molecule has 0 radical (unpaired) electrons. The Morgan fingerprint density at radius 3 is 2.79 bits per heavy atom. The van der Waals surface area contributed by atoms with Gasteiger partial charge in [0.1, 0.15) is 11.6 Å². The standard InChI is InChI=1S/C23H30N4O2/c1-17(2)13-21(28)20-6-4-12-27(16-20)23(29)19-7-8-22(26-15-19)25-11-9-18-5-3-10-24-14-18/h3,5,7-8,10,14-15,17,20H,4,6,9,11-13,16H2,1-2H3,(H,25,26)/t20-/m1/s1. The summed E-state index contributed by atoms with van der Waals surface area (Å²) < 4.78 is 0. The van der Waals surface area contributed by atoms with Crippen LogP contribution in [0.4, 0.5) is 5.82 Å². The lowest BCUT2D eigenvalue weighted by molar-refractivity contribution is -0.124. The molecule has 3 heterocycles. The molecule has 29 heavy (non-hydrogen) atoms. The van der Waals surface area contributed by atoms with Crippen molar-refractivity contribution >= 4 is 17.5 Å². The molecule has 1 atom stereocenters. The summed E-state index contributed by atoms with van der Waals surface area (Å²) in [6, 6.07) is 7.61. The Kier molecular flexibility index (Phi) is 7.33. The van der Waals surface area contributed by atoms with Gasteiger partial charge in [0.15, 0.2) is 0 Å². The maximum Gasteiger partial charge on any atom is 0.255 e. The number of anilines is 1. The molecular weight excluding hydrogens is 364 g/mol. The first-order valence-electron chi connectivity index (χ1n) is 10.4. The monoisotopic (exact) mass is 394 g/mol. The maximum absolute atomic E-state index is 12.8. The second-order valence-corrected chi connectivity index (χ2v) is 8.12. The van der Waals surface area contributed by atoms with Gasteiger partial charge < -0.3 is 10.2 Å². The topological polar surface area (TPSA) is 75.2 Å². The molecule has 0 bridgehead atoms. The number of aromatic nitrogens is 2. The van der Waals surface area contributed by atoms with Crippen molar-refractivity contribution in [3.05, 3.63) is 54.0 Å². The number of hydrogen-bond donors (Lipinski definition) is 1. The van der Waals surface area contributed by atoms with E-state index in [1.54, 1.807) is 23.4 Å². The van der Waals surface area contributed by atoms with Crippen molar-refractivity contribution < 1.29 is 9.59 Å². The molecule has 6 heteroatoms. The van der Waals surface area contributed by atoms with Gasteiger partial charge in [0, 0.05) is 50.6 Å². The number of hydrogen-bond acceptors (Lipinski definition) is 5. The Bertz CT molecular complexity index is 805. The summed E-state index contributed by atoms with van der Waals surface area (Å²) >= 11 is 0. The Balaban J connectivity index is 1.52. The number of ketones is 1. The molecule has 154 valence electrons. The first-order chi connectivity index (χ1) is 14.0. The smallest absolute Gasteiger partial charge is 0.255 e. The van der Waals surface area contributed by atoms with Crippen LogP contribution in [-0.2, 0) is 11.2 Å². The van der Waals surface area contributed by atoms with Gasteiger partial charge in [-0.15, -0.1) is 0 Å².